The smallest absolute Gasteiger partial charge is 0.127 e. The van der Waals surface area contributed by atoms with Gasteiger partial charge in [0.1, 0.15) is 5.82 Å². The van der Waals surface area contributed by atoms with E-state index in [9.17, 15) is 9.50 Å². The molecule has 0 spiro atoms. The number of hydrogen-bond donors (Lipinski definition) is 1. The van der Waals surface area contributed by atoms with Crippen molar-refractivity contribution in [3.05, 3.63) is 70.5 Å². The summed E-state index contributed by atoms with van der Waals surface area (Å²) in [6, 6.07) is 14.8. The zero-order chi connectivity index (χ0) is 17.0. The normalized spacial score (nSPS) is 21.8. The highest BCUT2D eigenvalue weighted by atomic mass is 35.5. The molecule has 4 heteroatoms. The SMILES string of the molecule is OCC1(Cc2cccc(Cl)c2)CCCN(Cc2ccccc2F)C1. The van der Waals surface area contributed by atoms with E-state index in [-0.39, 0.29) is 17.8 Å². The topological polar surface area (TPSA) is 23.5 Å². The van der Waals surface area contributed by atoms with E-state index >= 15 is 0 Å². The predicted octanol–water partition coefficient (Wildman–Crippen LogP) is 4.30. The Balaban J connectivity index is 1.73. The van der Waals surface area contributed by atoms with E-state index in [1.165, 1.54) is 6.07 Å². The van der Waals surface area contributed by atoms with Gasteiger partial charge in [-0.05, 0) is 49.6 Å². The van der Waals surface area contributed by atoms with Gasteiger partial charge >= 0.3 is 0 Å². The lowest BCUT2D eigenvalue weighted by molar-refractivity contribution is 0.0284. The Bertz CT molecular complexity index is 693. The maximum Gasteiger partial charge on any atom is 0.127 e. The minimum Gasteiger partial charge on any atom is -0.396 e. The summed E-state index contributed by atoms with van der Waals surface area (Å²) < 4.78 is 13.9. The lowest BCUT2D eigenvalue weighted by Crippen LogP contribution is -2.46. The summed E-state index contributed by atoms with van der Waals surface area (Å²) in [4.78, 5) is 2.25. The van der Waals surface area contributed by atoms with E-state index in [4.69, 9.17) is 11.6 Å². The zero-order valence-electron chi connectivity index (χ0n) is 13.7. The molecule has 2 aromatic carbocycles. The molecule has 2 aromatic rings. The van der Waals surface area contributed by atoms with Crippen molar-refractivity contribution in [2.24, 2.45) is 5.41 Å². The summed E-state index contributed by atoms with van der Waals surface area (Å²) in [5.74, 6) is -0.160. The maximum absolute atomic E-state index is 13.9. The molecule has 1 aliphatic heterocycles. The van der Waals surface area contributed by atoms with E-state index in [0.29, 0.717) is 12.1 Å². The van der Waals surface area contributed by atoms with Crippen LogP contribution in [-0.4, -0.2) is 29.7 Å². The van der Waals surface area contributed by atoms with Gasteiger partial charge in [-0.1, -0.05) is 41.9 Å². The molecule has 3 rings (SSSR count). The van der Waals surface area contributed by atoms with E-state index < -0.39 is 0 Å². The van der Waals surface area contributed by atoms with Crippen LogP contribution in [0.4, 0.5) is 4.39 Å². The molecule has 1 aliphatic rings. The molecule has 1 fully saturated rings. The quantitative estimate of drug-likeness (QED) is 0.871. The van der Waals surface area contributed by atoms with Crippen LogP contribution >= 0.6 is 11.6 Å². The van der Waals surface area contributed by atoms with E-state index in [1.54, 1.807) is 6.07 Å². The lowest BCUT2D eigenvalue weighted by Gasteiger charge is -2.42. The summed E-state index contributed by atoms with van der Waals surface area (Å²) in [7, 11) is 0. The highest BCUT2D eigenvalue weighted by molar-refractivity contribution is 6.30. The Morgan fingerprint density at radius 3 is 2.75 bits per heavy atom. The monoisotopic (exact) mass is 347 g/mol. The van der Waals surface area contributed by atoms with Crippen LogP contribution in [0.2, 0.25) is 5.02 Å². The highest BCUT2D eigenvalue weighted by Crippen LogP contribution is 2.34. The lowest BCUT2D eigenvalue weighted by atomic mass is 9.75. The van der Waals surface area contributed by atoms with Crippen molar-refractivity contribution in [3.63, 3.8) is 0 Å². The van der Waals surface area contributed by atoms with Crippen LogP contribution in [0, 0.1) is 11.2 Å². The Morgan fingerprint density at radius 2 is 2.00 bits per heavy atom. The fourth-order valence-corrected chi connectivity index (χ4v) is 3.93. The van der Waals surface area contributed by atoms with E-state index in [0.717, 1.165) is 42.9 Å². The molecule has 1 atom stereocenters. The molecule has 0 saturated carbocycles. The minimum absolute atomic E-state index is 0.132. The van der Waals surface area contributed by atoms with Gasteiger partial charge in [0.05, 0.1) is 6.61 Å². The average molecular weight is 348 g/mol. The van der Waals surface area contributed by atoms with Gasteiger partial charge in [-0.2, -0.15) is 0 Å². The molecular formula is C20H23ClFNO. The molecule has 128 valence electrons. The van der Waals surface area contributed by atoms with Crippen LogP contribution in [0.25, 0.3) is 0 Å². The molecule has 1 heterocycles. The molecule has 1 unspecified atom stereocenters. The molecule has 0 radical (unpaired) electrons. The largest absolute Gasteiger partial charge is 0.396 e. The number of hydrogen-bond acceptors (Lipinski definition) is 2. The molecule has 24 heavy (non-hydrogen) atoms. The Morgan fingerprint density at radius 1 is 1.17 bits per heavy atom. The Hall–Kier alpha value is -1.42. The third-order valence-corrected chi connectivity index (χ3v) is 5.13. The van der Waals surface area contributed by atoms with Gasteiger partial charge in [0.2, 0.25) is 0 Å². The second-order valence-electron chi connectivity index (χ2n) is 6.87. The number of nitrogens with zero attached hydrogens (tertiary/aromatic N) is 1. The third-order valence-electron chi connectivity index (χ3n) is 4.90. The van der Waals surface area contributed by atoms with Crippen molar-refractivity contribution < 1.29 is 9.50 Å². The van der Waals surface area contributed by atoms with Crippen LogP contribution in [0.5, 0.6) is 0 Å². The van der Waals surface area contributed by atoms with Gasteiger partial charge in [0.25, 0.3) is 0 Å². The highest BCUT2D eigenvalue weighted by Gasteiger charge is 2.35. The van der Waals surface area contributed by atoms with Crippen molar-refractivity contribution in [1.29, 1.82) is 0 Å². The van der Waals surface area contributed by atoms with Crippen LogP contribution in [0.3, 0.4) is 0 Å². The second-order valence-corrected chi connectivity index (χ2v) is 7.31. The summed E-state index contributed by atoms with van der Waals surface area (Å²) >= 11 is 6.09. The summed E-state index contributed by atoms with van der Waals surface area (Å²) in [6.45, 7) is 2.42. The van der Waals surface area contributed by atoms with Crippen molar-refractivity contribution >= 4 is 11.6 Å². The van der Waals surface area contributed by atoms with Gasteiger partial charge in [-0.3, -0.25) is 4.90 Å². The van der Waals surface area contributed by atoms with Gasteiger partial charge in [0.15, 0.2) is 0 Å². The number of aliphatic hydroxyl groups excluding tert-OH is 1. The van der Waals surface area contributed by atoms with Crippen LogP contribution < -0.4 is 0 Å². The van der Waals surface area contributed by atoms with Gasteiger partial charge < -0.3 is 5.11 Å². The van der Waals surface area contributed by atoms with Gasteiger partial charge in [-0.25, -0.2) is 4.39 Å². The first-order chi connectivity index (χ1) is 11.6. The number of likely N-dealkylation sites (tertiary alicyclic amines) is 1. The summed E-state index contributed by atoms with van der Waals surface area (Å²) in [5.41, 5.74) is 1.67. The van der Waals surface area contributed by atoms with E-state index in [1.807, 2.05) is 30.3 Å². The van der Waals surface area contributed by atoms with Crippen LogP contribution in [-0.2, 0) is 13.0 Å². The number of aliphatic hydroxyl groups is 1. The first kappa shape index (κ1) is 17.4. The molecule has 0 bridgehead atoms. The predicted molar refractivity (Wildman–Crippen MR) is 95.6 cm³/mol. The number of benzene rings is 2. The second kappa shape index (κ2) is 7.64. The molecule has 1 N–H and O–H groups in total. The summed E-state index contributed by atoms with van der Waals surface area (Å²) in [6.07, 6.45) is 2.77. The summed E-state index contributed by atoms with van der Waals surface area (Å²) in [5, 5.41) is 10.8. The first-order valence-corrected chi connectivity index (χ1v) is 8.79. The average Bonchev–Trinajstić information content (AvgIpc) is 2.57. The number of halogens is 2. The van der Waals surface area contributed by atoms with E-state index in [2.05, 4.69) is 11.0 Å². The number of rotatable bonds is 5. The fourth-order valence-electron chi connectivity index (χ4n) is 3.72. The molecule has 0 amide bonds. The zero-order valence-corrected chi connectivity index (χ0v) is 14.5. The van der Waals surface area contributed by atoms with Crippen molar-refractivity contribution in [2.45, 2.75) is 25.8 Å². The van der Waals surface area contributed by atoms with Gasteiger partial charge in [-0.15, -0.1) is 0 Å². The Labute approximate surface area is 147 Å². The number of piperidine rings is 1. The maximum atomic E-state index is 13.9. The fraction of sp³-hybridized carbons (Fsp3) is 0.400. The van der Waals surface area contributed by atoms with Gasteiger partial charge in [0, 0.05) is 29.1 Å². The van der Waals surface area contributed by atoms with Crippen molar-refractivity contribution in [2.75, 3.05) is 19.7 Å². The molecule has 2 nitrogen and oxygen atoms in total. The minimum atomic E-state index is -0.186. The molecule has 0 aliphatic carbocycles. The molecule has 1 saturated heterocycles. The standard InChI is InChI=1S/C20H23ClFNO/c21-18-7-3-5-16(11-18)12-20(15-24)9-4-10-23(14-20)13-17-6-1-2-8-19(17)22/h1-3,5-8,11,24H,4,9-10,12-15H2. The van der Waals surface area contributed by atoms with Crippen LogP contribution in [0.15, 0.2) is 48.5 Å². The van der Waals surface area contributed by atoms with Crippen LogP contribution in [0.1, 0.15) is 24.0 Å². The molecular weight excluding hydrogens is 325 g/mol. The van der Waals surface area contributed by atoms with Crippen molar-refractivity contribution in [3.8, 4) is 0 Å². The third kappa shape index (κ3) is 4.15. The van der Waals surface area contributed by atoms with Crippen molar-refractivity contribution in [1.82, 2.24) is 4.90 Å². The first-order valence-electron chi connectivity index (χ1n) is 8.41. The molecule has 0 aromatic heterocycles. The Kier molecular flexibility index (Phi) is 5.54.